The molecule has 0 aliphatic carbocycles. The lowest BCUT2D eigenvalue weighted by molar-refractivity contribution is 0.0577. The van der Waals surface area contributed by atoms with Gasteiger partial charge in [-0.2, -0.15) is 0 Å². The van der Waals surface area contributed by atoms with Crippen LogP contribution in [0.25, 0.3) is 0 Å². The van der Waals surface area contributed by atoms with Crippen molar-refractivity contribution < 1.29 is 19.4 Å². The summed E-state index contributed by atoms with van der Waals surface area (Å²) < 4.78 is 14.4. The fourth-order valence-electron chi connectivity index (χ4n) is 3.56. The lowest BCUT2D eigenvalue weighted by atomic mass is 9.82. The normalized spacial score (nSPS) is 19.9. The number of carbonyl (C=O) groups is 1. The van der Waals surface area contributed by atoms with Crippen LogP contribution in [0.5, 0.6) is 0 Å². The lowest BCUT2D eigenvalue weighted by Gasteiger charge is -2.32. The highest BCUT2D eigenvalue weighted by Gasteiger charge is 2.39. The van der Waals surface area contributed by atoms with Crippen molar-refractivity contribution in [1.82, 2.24) is 4.90 Å². The van der Waals surface area contributed by atoms with Gasteiger partial charge in [-0.15, -0.1) is 0 Å². The van der Waals surface area contributed by atoms with Crippen molar-refractivity contribution >= 4 is 6.09 Å². The van der Waals surface area contributed by atoms with Gasteiger partial charge in [0.05, 0.1) is 12.1 Å². The number of amides is 1. The summed E-state index contributed by atoms with van der Waals surface area (Å²) in [4.78, 5) is 12.7. The van der Waals surface area contributed by atoms with Crippen molar-refractivity contribution in [2.75, 3.05) is 6.54 Å². The fraction of sp³-hybridized carbons (Fsp3) is 0.316. The first-order valence-electron chi connectivity index (χ1n) is 8.06. The van der Waals surface area contributed by atoms with Crippen LogP contribution in [0.1, 0.15) is 29.9 Å². The molecule has 1 amide bonds. The number of aliphatic hydroxyl groups excluding tert-OH is 1. The summed E-state index contributed by atoms with van der Waals surface area (Å²) in [7, 11) is 0. The number of rotatable bonds is 4. The Morgan fingerprint density at radius 3 is 2.46 bits per heavy atom. The average Bonchev–Trinajstić information content (AvgIpc) is 3.08. The Hall–Kier alpha value is -2.40. The molecule has 0 unspecified atom stereocenters. The van der Waals surface area contributed by atoms with Crippen LogP contribution >= 0.6 is 0 Å². The zero-order valence-electron chi connectivity index (χ0n) is 13.2. The highest BCUT2D eigenvalue weighted by Crippen LogP contribution is 2.35. The Kier molecular flexibility index (Phi) is 4.81. The van der Waals surface area contributed by atoms with Gasteiger partial charge in [-0.25, -0.2) is 9.18 Å². The molecule has 2 N–H and O–H groups in total. The van der Waals surface area contributed by atoms with Crippen LogP contribution in [-0.2, 0) is 0 Å². The molecule has 0 bridgehead atoms. The first kappa shape index (κ1) is 16.5. The molecule has 3 atom stereocenters. The van der Waals surface area contributed by atoms with Gasteiger partial charge in [0.1, 0.15) is 5.82 Å². The van der Waals surface area contributed by atoms with Gasteiger partial charge in [-0.1, -0.05) is 48.5 Å². The zero-order chi connectivity index (χ0) is 17.1. The lowest BCUT2D eigenvalue weighted by Crippen LogP contribution is -2.45. The third-order valence-corrected chi connectivity index (χ3v) is 4.68. The first-order chi connectivity index (χ1) is 11.6. The molecule has 0 spiro atoms. The van der Waals surface area contributed by atoms with E-state index in [2.05, 4.69) is 0 Å². The Bertz CT molecular complexity index is 707. The molecule has 2 aromatic carbocycles. The van der Waals surface area contributed by atoms with Gasteiger partial charge < -0.3 is 15.1 Å². The van der Waals surface area contributed by atoms with E-state index in [0.29, 0.717) is 24.9 Å². The molecule has 3 rings (SSSR count). The number of likely N-dealkylation sites (tertiary alicyclic amines) is 1. The van der Waals surface area contributed by atoms with Gasteiger partial charge in [0.2, 0.25) is 0 Å². The quantitative estimate of drug-likeness (QED) is 0.903. The number of benzene rings is 2. The Labute approximate surface area is 140 Å². The maximum atomic E-state index is 14.4. The van der Waals surface area contributed by atoms with E-state index in [-0.39, 0.29) is 0 Å². The van der Waals surface area contributed by atoms with E-state index in [1.807, 2.05) is 30.3 Å². The van der Waals surface area contributed by atoms with Gasteiger partial charge in [0.25, 0.3) is 0 Å². The molecule has 1 aliphatic heterocycles. The molecule has 5 heteroatoms. The van der Waals surface area contributed by atoms with Crippen molar-refractivity contribution in [3.8, 4) is 0 Å². The second-order valence-corrected chi connectivity index (χ2v) is 6.09. The molecule has 1 aliphatic rings. The van der Waals surface area contributed by atoms with E-state index in [0.717, 1.165) is 5.56 Å². The molecular weight excluding hydrogens is 309 g/mol. The second kappa shape index (κ2) is 7.01. The molecule has 1 fully saturated rings. The fourth-order valence-corrected chi connectivity index (χ4v) is 3.56. The van der Waals surface area contributed by atoms with E-state index in [1.54, 1.807) is 18.2 Å². The van der Waals surface area contributed by atoms with Gasteiger partial charge in [-0.05, 0) is 30.0 Å². The first-order valence-corrected chi connectivity index (χ1v) is 8.06. The van der Waals surface area contributed by atoms with Crippen molar-refractivity contribution in [2.24, 2.45) is 0 Å². The smallest absolute Gasteiger partial charge is 0.407 e. The summed E-state index contributed by atoms with van der Waals surface area (Å²) in [5.41, 5.74) is 1.15. The summed E-state index contributed by atoms with van der Waals surface area (Å²) in [5.74, 6) is -1.01. The third kappa shape index (κ3) is 3.12. The van der Waals surface area contributed by atoms with Crippen LogP contribution in [0.3, 0.4) is 0 Å². The predicted octanol–water partition coefficient (Wildman–Crippen LogP) is 3.46. The molecule has 0 aromatic heterocycles. The van der Waals surface area contributed by atoms with E-state index >= 15 is 0 Å². The molecule has 0 saturated carbocycles. The maximum Gasteiger partial charge on any atom is 0.407 e. The molecule has 2 aromatic rings. The second-order valence-electron chi connectivity index (χ2n) is 6.09. The Morgan fingerprint density at radius 2 is 1.79 bits per heavy atom. The molecule has 24 heavy (non-hydrogen) atoms. The summed E-state index contributed by atoms with van der Waals surface area (Å²) in [6, 6.07) is 15.0. The van der Waals surface area contributed by atoms with Crippen LogP contribution < -0.4 is 0 Å². The van der Waals surface area contributed by atoms with E-state index in [9.17, 15) is 19.4 Å². The largest absolute Gasteiger partial charge is 0.465 e. The maximum absolute atomic E-state index is 14.4. The Balaban J connectivity index is 2.02. The number of halogens is 1. The summed E-state index contributed by atoms with van der Waals surface area (Å²) in [6.07, 6.45) is -0.780. The molecule has 0 radical (unpaired) electrons. The highest BCUT2D eigenvalue weighted by molar-refractivity contribution is 5.66. The SMILES string of the molecule is O=C(O)N1CCC[C@@H]1[C@@H](O)[C@@H](c1ccccc1)c1ccccc1F. The number of nitrogens with zero attached hydrogens (tertiary/aromatic N) is 1. The molecule has 1 saturated heterocycles. The van der Waals surface area contributed by atoms with Crippen LogP contribution in [0, 0.1) is 5.82 Å². The molecule has 4 nitrogen and oxygen atoms in total. The standard InChI is InChI=1S/C19H20FNO3/c20-15-10-5-4-9-14(15)17(13-7-2-1-3-8-13)18(22)16-11-6-12-21(16)19(23)24/h1-5,7-10,16-18,22H,6,11-12H2,(H,23,24)/t16-,17+,18-/m1/s1. The van der Waals surface area contributed by atoms with E-state index < -0.39 is 30.0 Å². The number of hydrogen-bond donors (Lipinski definition) is 2. The van der Waals surface area contributed by atoms with Crippen LogP contribution in [0.15, 0.2) is 54.6 Å². The number of aliphatic hydroxyl groups is 1. The summed E-state index contributed by atoms with van der Waals surface area (Å²) in [5, 5.41) is 20.3. The third-order valence-electron chi connectivity index (χ3n) is 4.68. The average molecular weight is 329 g/mol. The van der Waals surface area contributed by atoms with Crippen molar-refractivity contribution in [3.05, 3.63) is 71.5 Å². The van der Waals surface area contributed by atoms with Gasteiger partial charge in [0.15, 0.2) is 0 Å². The molecule has 1 heterocycles. The molecular formula is C19H20FNO3. The zero-order valence-corrected chi connectivity index (χ0v) is 13.2. The number of hydrogen-bond acceptors (Lipinski definition) is 2. The number of carboxylic acid groups (broad SMARTS) is 1. The van der Waals surface area contributed by atoms with Crippen LogP contribution in [-0.4, -0.2) is 39.9 Å². The van der Waals surface area contributed by atoms with E-state index in [1.165, 1.54) is 11.0 Å². The molecule has 126 valence electrons. The van der Waals surface area contributed by atoms with Gasteiger partial charge >= 0.3 is 6.09 Å². The van der Waals surface area contributed by atoms with Crippen molar-refractivity contribution in [1.29, 1.82) is 0 Å². The van der Waals surface area contributed by atoms with Crippen LogP contribution in [0.4, 0.5) is 9.18 Å². The van der Waals surface area contributed by atoms with E-state index in [4.69, 9.17) is 0 Å². The monoisotopic (exact) mass is 329 g/mol. The minimum Gasteiger partial charge on any atom is -0.465 e. The topological polar surface area (TPSA) is 60.8 Å². The Morgan fingerprint density at radius 1 is 1.12 bits per heavy atom. The summed E-state index contributed by atoms with van der Waals surface area (Å²) in [6.45, 7) is 0.399. The van der Waals surface area contributed by atoms with Crippen molar-refractivity contribution in [2.45, 2.75) is 30.9 Å². The van der Waals surface area contributed by atoms with Gasteiger partial charge in [-0.3, -0.25) is 0 Å². The minimum absolute atomic E-state index is 0.383. The minimum atomic E-state index is -1.04. The highest BCUT2D eigenvalue weighted by atomic mass is 19.1. The summed E-state index contributed by atoms with van der Waals surface area (Å²) >= 11 is 0. The van der Waals surface area contributed by atoms with Crippen LogP contribution in [0.2, 0.25) is 0 Å². The predicted molar refractivity (Wildman–Crippen MR) is 88.4 cm³/mol. The van der Waals surface area contributed by atoms with Crippen molar-refractivity contribution in [3.63, 3.8) is 0 Å². The van der Waals surface area contributed by atoms with Gasteiger partial charge in [0, 0.05) is 12.5 Å².